The standard InChI is InChI=1S/C30H26F3NO7/c1-29(2,3)41-28(37)34-22(16-18-10-6-4-7-11-18)27(36)39-20-14-15-21-23(17-20)40-26(30(31,32)33)25(24(21)35)38-19-12-8-5-9-13-19/h4-15,17,22H,16H2,1-3H3,(H,34,37)/t22-/m0/s1. The first-order valence-corrected chi connectivity index (χ1v) is 12.5. The average Bonchev–Trinajstić information content (AvgIpc) is 2.89. The van der Waals surface area contributed by atoms with Gasteiger partial charge in [-0.15, -0.1) is 0 Å². The molecular weight excluding hydrogens is 543 g/mol. The minimum Gasteiger partial charge on any atom is -0.449 e. The molecule has 1 atom stereocenters. The number of fused-ring (bicyclic) bond motifs is 1. The van der Waals surface area contributed by atoms with Crippen LogP contribution < -0.4 is 20.2 Å². The molecule has 0 bridgehead atoms. The third-order valence-corrected chi connectivity index (χ3v) is 5.52. The molecule has 0 fully saturated rings. The Hall–Kier alpha value is -4.80. The van der Waals surface area contributed by atoms with Gasteiger partial charge in [0.2, 0.25) is 11.2 Å². The molecule has 0 aliphatic rings. The van der Waals surface area contributed by atoms with Crippen molar-refractivity contribution in [2.75, 3.05) is 0 Å². The summed E-state index contributed by atoms with van der Waals surface area (Å²) < 4.78 is 62.6. The summed E-state index contributed by atoms with van der Waals surface area (Å²) in [5.74, 6) is -3.78. The van der Waals surface area contributed by atoms with Gasteiger partial charge in [-0.1, -0.05) is 48.5 Å². The first kappa shape index (κ1) is 29.2. The summed E-state index contributed by atoms with van der Waals surface area (Å²) in [4.78, 5) is 38.6. The van der Waals surface area contributed by atoms with Crippen molar-refractivity contribution in [2.24, 2.45) is 0 Å². The zero-order chi connectivity index (χ0) is 29.8. The van der Waals surface area contributed by atoms with Crippen molar-refractivity contribution in [1.29, 1.82) is 0 Å². The number of alkyl carbamates (subject to hydrolysis) is 1. The number of ether oxygens (including phenoxy) is 3. The first-order chi connectivity index (χ1) is 19.3. The largest absolute Gasteiger partial charge is 0.453 e. The molecule has 0 unspecified atom stereocenters. The summed E-state index contributed by atoms with van der Waals surface area (Å²) in [5.41, 5.74) is -1.67. The molecule has 0 aliphatic heterocycles. The molecule has 41 heavy (non-hydrogen) atoms. The van der Waals surface area contributed by atoms with E-state index in [0.29, 0.717) is 5.56 Å². The van der Waals surface area contributed by atoms with Gasteiger partial charge < -0.3 is 23.9 Å². The minimum atomic E-state index is -5.07. The fraction of sp³-hybridized carbons (Fsp3) is 0.233. The highest BCUT2D eigenvalue weighted by Crippen LogP contribution is 2.38. The second-order valence-electron chi connectivity index (χ2n) is 9.97. The molecule has 4 rings (SSSR count). The zero-order valence-corrected chi connectivity index (χ0v) is 22.3. The van der Waals surface area contributed by atoms with Crippen LogP contribution in [0.3, 0.4) is 0 Å². The number of amides is 1. The Morgan fingerprint density at radius 1 is 0.902 bits per heavy atom. The lowest BCUT2D eigenvalue weighted by atomic mass is 10.1. The van der Waals surface area contributed by atoms with E-state index in [1.807, 2.05) is 0 Å². The maximum atomic E-state index is 13.9. The first-order valence-electron chi connectivity index (χ1n) is 12.5. The molecule has 0 saturated carbocycles. The second kappa shape index (κ2) is 11.7. The Morgan fingerprint density at radius 3 is 2.15 bits per heavy atom. The van der Waals surface area contributed by atoms with Gasteiger partial charge in [-0.05, 0) is 50.6 Å². The Morgan fingerprint density at radius 2 is 1.54 bits per heavy atom. The molecule has 1 heterocycles. The van der Waals surface area contributed by atoms with E-state index < -0.39 is 52.4 Å². The Kier molecular flexibility index (Phi) is 8.36. The number of nitrogens with one attached hydrogen (secondary N) is 1. The number of alkyl halides is 3. The van der Waals surface area contributed by atoms with E-state index in [1.54, 1.807) is 57.2 Å². The van der Waals surface area contributed by atoms with E-state index in [-0.39, 0.29) is 23.3 Å². The lowest BCUT2D eigenvalue weighted by Gasteiger charge is -2.23. The predicted octanol–water partition coefficient (Wildman–Crippen LogP) is 6.65. The third kappa shape index (κ3) is 7.65. The van der Waals surface area contributed by atoms with Crippen LogP contribution in [0.2, 0.25) is 0 Å². The SMILES string of the molecule is CC(C)(C)OC(=O)N[C@@H](Cc1ccccc1)C(=O)Oc1ccc2c(=O)c(Oc3ccccc3)c(C(F)(F)F)oc2c1. The van der Waals surface area contributed by atoms with Crippen LogP contribution >= 0.6 is 0 Å². The van der Waals surface area contributed by atoms with E-state index in [0.717, 1.165) is 12.1 Å². The summed E-state index contributed by atoms with van der Waals surface area (Å²) in [6.07, 6.45) is -5.89. The van der Waals surface area contributed by atoms with Crippen LogP contribution in [-0.2, 0) is 22.1 Å². The molecule has 1 N–H and O–H groups in total. The van der Waals surface area contributed by atoms with E-state index in [1.165, 1.54) is 30.3 Å². The third-order valence-electron chi connectivity index (χ3n) is 5.52. The number of benzene rings is 3. The van der Waals surface area contributed by atoms with Crippen molar-refractivity contribution < 1.29 is 41.4 Å². The molecule has 1 aromatic heterocycles. The van der Waals surface area contributed by atoms with Crippen LogP contribution in [0.15, 0.2) is 88.1 Å². The summed E-state index contributed by atoms with van der Waals surface area (Å²) in [6, 6.07) is 18.4. The summed E-state index contributed by atoms with van der Waals surface area (Å²) in [5, 5.41) is 2.25. The smallest absolute Gasteiger partial charge is 0.449 e. The normalized spacial score (nSPS) is 12.4. The van der Waals surface area contributed by atoms with Crippen molar-refractivity contribution in [1.82, 2.24) is 5.32 Å². The van der Waals surface area contributed by atoms with Crippen molar-refractivity contribution in [3.63, 3.8) is 0 Å². The average molecular weight is 570 g/mol. The van der Waals surface area contributed by atoms with Gasteiger partial charge in [0.1, 0.15) is 28.7 Å². The van der Waals surface area contributed by atoms with Crippen molar-refractivity contribution in [2.45, 2.75) is 45.0 Å². The van der Waals surface area contributed by atoms with Crippen LogP contribution in [0.25, 0.3) is 11.0 Å². The number of carbonyl (C=O) groups is 2. The van der Waals surface area contributed by atoms with Gasteiger partial charge in [-0.25, -0.2) is 9.59 Å². The van der Waals surface area contributed by atoms with Crippen molar-refractivity contribution in [3.8, 4) is 17.2 Å². The predicted molar refractivity (Wildman–Crippen MR) is 143 cm³/mol. The van der Waals surface area contributed by atoms with E-state index in [2.05, 4.69) is 5.32 Å². The topological polar surface area (TPSA) is 104 Å². The second-order valence-corrected chi connectivity index (χ2v) is 9.97. The van der Waals surface area contributed by atoms with E-state index in [4.69, 9.17) is 18.6 Å². The highest BCUT2D eigenvalue weighted by atomic mass is 19.4. The number of para-hydroxylation sites is 1. The lowest BCUT2D eigenvalue weighted by Crippen LogP contribution is -2.46. The van der Waals surface area contributed by atoms with Crippen LogP contribution in [-0.4, -0.2) is 23.7 Å². The molecule has 8 nitrogen and oxygen atoms in total. The molecule has 0 saturated heterocycles. The van der Waals surface area contributed by atoms with Gasteiger partial charge >= 0.3 is 18.2 Å². The Balaban J connectivity index is 1.65. The van der Waals surface area contributed by atoms with Gasteiger partial charge in [0.15, 0.2) is 0 Å². The van der Waals surface area contributed by atoms with Crippen molar-refractivity contribution in [3.05, 3.63) is 100 Å². The maximum Gasteiger partial charge on any atom is 0.453 e. The van der Waals surface area contributed by atoms with Gasteiger partial charge in [0, 0.05) is 12.5 Å². The molecule has 0 aliphatic carbocycles. The van der Waals surface area contributed by atoms with Gasteiger partial charge in [-0.3, -0.25) is 4.79 Å². The summed E-state index contributed by atoms with van der Waals surface area (Å²) >= 11 is 0. The van der Waals surface area contributed by atoms with Gasteiger partial charge in [0.25, 0.3) is 5.76 Å². The Bertz CT molecular complexity index is 1590. The number of hydrogen-bond donors (Lipinski definition) is 1. The monoisotopic (exact) mass is 569 g/mol. The van der Waals surface area contributed by atoms with Crippen LogP contribution in [0.5, 0.6) is 17.2 Å². The molecular formula is C30H26F3NO7. The fourth-order valence-electron chi connectivity index (χ4n) is 3.79. The van der Waals surface area contributed by atoms with Crippen LogP contribution in [0.4, 0.5) is 18.0 Å². The number of halogens is 3. The van der Waals surface area contributed by atoms with E-state index in [9.17, 15) is 27.6 Å². The van der Waals surface area contributed by atoms with Gasteiger partial charge in [-0.2, -0.15) is 13.2 Å². The van der Waals surface area contributed by atoms with Crippen molar-refractivity contribution >= 4 is 23.0 Å². The molecule has 0 radical (unpaired) electrons. The number of esters is 1. The van der Waals surface area contributed by atoms with Gasteiger partial charge in [0.05, 0.1) is 5.39 Å². The lowest BCUT2D eigenvalue weighted by molar-refractivity contribution is -0.154. The fourth-order valence-corrected chi connectivity index (χ4v) is 3.79. The minimum absolute atomic E-state index is 0.0112. The Labute approximate surface area is 232 Å². The number of hydrogen-bond acceptors (Lipinski definition) is 7. The quantitative estimate of drug-likeness (QED) is 0.196. The number of rotatable bonds is 7. The molecule has 0 spiro atoms. The maximum absolute atomic E-state index is 13.9. The molecule has 214 valence electrons. The number of carbonyl (C=O) groups excluding carboxylic acids is 2. The summed E-state index contributed by atoms with van der Waals surface area (Å²) in [6.45, 7) is 4.97. The molecule has 11 heteroatoms. The zero-order valence-electron chi connectivity index (χ0n) is 22.3. The summed E-state index contributed by atoms with van der Waals surface area (Å²) in [7, 11) is 0. The van der Waals surface area contributed by atoms with Crippen LogP contribution in [0.1, 0.15) is 32.1 Å². The molecule has 4 aromatic rings. The van der Waals surface area contributed by atoms with Crippen LogP contribution in [0, 0.1) is 0 Å². The van der Waals surface area contributed by atoms with E-state index >= 15 is 0 Å². The molecule has 3 aromatic carbocycles. The highest BCUT2D eigenvalue weighted by Gasteiger charge is 2.40. The highest BCUT2D eigenvalue weighted by molar-refractivity contribution is 5.85. The molecule has 1 amide bonds.